The highest BCUT2D eigenvalue weighted by Crippen LogP contribution is 2.34. The van der Waals surface area contributed by atoms with Crippen molar-refractivity contribution in [3.05, 3.63) is 45.1 Å². The van der Waals surface area contributed by atoms with Gasteiger partial charge in [-0.05, 0) is 29.8 Å². The zero-order valence-electron chi connectivity index (χ0n) is 7.84. The summed E-state index contributed by atoms with van der Waals surface area (Å²) in [5.74, 6) is 0.349. The van der Waals surface area contributed by atoms with Crippen LogP contribution < -0.4 is 0 Å². The minimum absolute atomic E-state index is 0.142. The average molecular weight is 276 g/mol. The van der Waals surface area contributed by atoms with E-state index in [4.69, 9.17) is 39.2 Å². The van der Waals surface area contributed by atoms with Crippen LogP contribution in [0, 0.1) is 0 Å². The molecule has 1 heterocycles. The van der Waals surface area contributed by atoms with Gasteiger partial charge < -0.3 is 4.42 Å². The molecule has 82 valence electrons. The summed E-state index contributed by atoms with van der Waals surface area (Å²) in [4.78, 5) is 10.8. The van der Waals surface area contributed by atoms with Crippen molar-refractivity contribution in [2.75, 3.05) is 0 Å². The molecule has 0 aliphatic carbocycles. The van der Waals surface area contributed by atoms with Crippen LogP contribution in [0.2, 0.25) is 15.3 Å². The lowest BCUT2D eigenvalue weighted by atomic mass is 10.1. The van der Waals surface area contributed by atoms with E-state index in [0.29, 0.717) is 33.2 Å². The van der Waals surface area contributed by atoms with Crippen molar-refractivity contribution in [3.8, 4) is 11.3 Å². The maximum absolute atomic E-state index is 10.8. The van der Waals surface area contributed by atoms with Crippen LogP contribution in [-0.4, -0.2) is 6.29 Å². The molecular weight excluding hydrogens is 270 g/mol. The fourth-order valence-electron chi connectivity index (χ4n) is 1.35. The van der Waals surface area contributed by atoms with Crippen molar-refractivity contribution >= 4 is 41.1 Å². The zero-order valence-corrected chi connectivity index (χ0v) is 10.1. The topological polar surface area (TPSA) is 30.2 Å². The third-order valence-corrected chi connectivity index (χ3v) is 2.77. The second-order valence-electron chi connectivity index (χ2n) is 3.08. The van der Waals surface area contributed by atoms with Crippen molar-refractivity contribution in [3.63, 3.8) is 0 Å². The van der Waals surface area contributed by atoms with Gasteiger partial charge in [0, 0.05) is 16.7 Å². The zero-order chi connectivity index (χ0) is 11.7. The van der Waals surface area contributed by atoms with Gasteiger partial charge in [0.2, 0.25) is 0 Å². The lowest BCUT2D eigenvalue weighted by molar-refractivity contribution is 0.112. The molecule has 0 saturated heterocycles. The van der Waals surface area contributed by atoms with Gasteiger partial charge in [-0.25, -0.2) is 0 Å². The molecular formula is C11H5Cl3O2. The average Bonchev–Trinajstić information content (AvgIpc) is 2.59. The number of aldehydes is 1. The maximum Gasteiger partial charge on any atom is 0.194 e. The number of benzene rings is 1. The Hall–Kier alpha value is -0.960. The van der Waals surface area contributed by atoms with E-state index in [1.54, 1.807) is 18.2 Å². The van der Waals surface area contributed by atoms with Crippen LogP contribution in [-0.2, 0) is 0 Å². The number of furan rings is 1. The van der Waals surface area contributed by atoms with E-state index in [1.807, 2.05) is 0 Å². The summed E-state index contributed by atoms with van der Waals surface area (Å²) in [7, 11) is 0. The molecule has 0 spiro atoms. The molecule has 0 atom stereocenters. The fraction of sp³-hybridized carbons (Fsp3) is 0. The number of carbonyl (C=O) groups excluding carboxylic acids is 1. The van der Waals surface area contributed by atoms with Gasteiger partial charge in [-0.3, -0.25) is 4.79 Å². The summed E-state index contributed by atoms with van der Waals surface area (Å²) < 4.78 is 5.22. The Morgan fingerprint density at radius 3 is 2.50 bits per heavy atom. The lowest BCUT2D eigenvalue weighted by Crippen LogP contribution is -1.82. The predicted octanol–water partition coefficient (Wildman–Crippen LogP) is 4.72. The quantitative estimate of drug-likeness (QED) is 0.742. The third-order valence-electron chi connectivity index (χ3n) is 2.03. The molecule has 0 bridgehead atoms. The van der Waals surface area contributed by atoms with Crippen LogP contribution in [0.1, 0.15) is 10.4 Å². The molecule has 0 amide bonds. The molecule has 0 radical (unpaired) electrons. The SMILES string of the molecule is O=Cc1cc(Cl)oc1-c1ccc(Cl)cc1Cl. The Labute approximate surface area is 107 Å². The second kappa shape index (κ2) is 4.50. The Balaban J connectivity index is 2.62. The van der Waals surface area contributed by atoms with Gasteiger partial charge in [0.05, 0.1) is 10.6 Å². The molecule has 0 aliphatic rings. The van der Waals surface area contributed by atoms with E-state index in [9.17, 15) is 4.79 Å². The molecule has 0 fully saturated rings. The monoisotopic (exact) mass is 274 g/mol. The first-order valence-corrected chi connectivity index (χ1v) is 5.45. The molecule has 1 aromatic heterocycles. The molecule has 0 aliphatic heterocycles. The van der Waals surface area contributed by atoms with Crippen LogP contribution in [0.4, 0.5) is 0 Å². The van der Waals surface area contributed by atoms with Gasteiger partial charge in [-0.1, -0.05) is 23.2 Å². The van der Waals surface area contributed by atoms with Gasteiger partial charge in [0.25, 0.3) is 0 Å². The van der Waals surface area contributed by atoms with Crippen molar-refractivity contribution < 1.29 is 9.21 Å². The van der Waals surface area contributed by atoms with Crippen LogP contribution >= 0.6 is 34.8 Å². The van der Waals surface area contributed by atoms with E-state index in [0.717, 1.165) is 0 Å². The van der Waals surface area contributed by atoms with E-state index in [2.05, 4.69) is 0 Å². The first-order valence-electron chi connectivity index (χ1n) is 4.31. The Morgan fingerprint density at radius 2 is 1.88 bits per heavy atom. The van der Waals surface area contributed by atoms with E-state index in [-0.39, 0.29) is 5.22 Å². The number of hydrogen-bond acceptors (Lipinski definition) is 2. The summed E-state index contributed by atoms with van der Waals surface area (Å²) in [6, 6.07) is 6.35. The first-order chi connectivity index (χ1) is 7.61. The summed E-state index contributed by atoms with van der Waals surface area (Å²) in [6.45, 7) is 0. The Morgan fingerprint density at radius 1 is 1.12 bits per heavy atom. The fourth-order valence-corrected chi connectivity index (χ4v) is 2.03. The second-order valence-corrected chi connectivity index (χ2v) is 4.29. The Bertz CT molecular complexity index is 546. The number of carbonyl (C=O) groups is 1. The predicted molar refractivity (Wildman–Crippen MR) is 64.6 cm³/mol. The molecule has 2 rings (SSSR count). The smallest absolute Gasteiger partial charge is 0.194 e. The molecule has 2 aromatic rings. The van der Waals surface area contributed by atoms with E-state index >= 15 is 0 Å². The normalized spacial score (nSPS) is 10.4. The minimum Gasteiger partial charge on any atom is -0.444 e. The summed E-state index contributed by atoms with van der Waals surface area (Å²) in [5.41, 5.74) is 0.939. The van der Waals surface area contributed by atoms with Gasteiger partial charge in [0.15, 0.2) is 11.5 Å². The Kier molecular flexibility index (Phi) is 3.24. The number of halogens is 3. The van der Waals surface area contributed by atoms with Crippen LogP contribution in [0.3, 0.4) is 0 Å². The van der Waals surface area contributed by atoms with Crippen molar-refractivity contribution in [2.45, 2.75) is 0 Å². The highest BCUT2D eigenvalue weighted by molar-refractivity contribution is 6.36. The van der Waals surface area contributed by atoms with Crippen LogP contribution in [0.15, 0.2) is 28.7 Å². The molecule has 0 saturated carbocycles. The molecule has 0 unspecified atom stereocenters. The molecule has 0 N–H and O–H groups in total. The highest BCUT2D eigenvalue weighted by Gasteiger charge is 2.14. The summed E-state index contributed by atoms with van der Waals surface area (Å²) in [6.07, 6.45) is 0.662. The van der Waals surface area contributed by atoms with Crippen LogP contribution in [0.25, 0.3) is 11.3 Å². The van der Waals surface area contributed by atoms with E-state index < -0.39 is 0 Å². The summed E-state index contributed by atoms with van der Waals surface area (Å²) in [5, 5.41) is 1.06. The van der Waals surface area contributed by atoms with Crippen LogP contribution in [0.5, 0.6) is 0 Å². The lowest BCUT2D eigenvalue weighted by Gasteiger charge is -2.01. The van der Waals surface area contributed by atoms with Gasteiger partial charge >= 0.3 is 0 Å². The van der Waals surface area contributed by atoms with Crippen molar-refractivity contribution in [1.82, 2.24) is 0 Å². The van der Waals surface area contributed by atoms with Gasteiger partial charge in [-0.15, -0.1) is 0 Å². The summed E-state index contributed by atoms with van der Waals surface area (Å²) >= 11 is 17.5. The molecule has 1 aromatic carbocycles. The van der Waals surface area contributed by atoms with E-state index in [1.165, 1.54) is 6.07 Å². The molecule has 5 heteroatoms. The van der Waals surface area contributed by atoms with Crippen molar-refractivity contribution in [2.24, 2.45) is 0 Å². The largest absolute Gasteiger partial charge is 0.444 e. The number of hydrogen-bond donors (Lipinski definition) is 0. The van der Waals surface area contributed by atoms with Gasteiger partial charge in [0.1, 0.15) is 5.76 Å². The molecule has 2 nitrogen and oxygen atoms in total. The minimum atomic E-state index is 0.142. The third kappa shape index (κ3) is 2.09. The van der Waals surface area contributed by atoms with Gasteiger partial charge in [-0.2, -0.15) is 0 Å². The first kappa shape index (κ1) is 11.5. The standard InChI is InChI=1S/C11H5Cl3O2/c12-7-1-2-8(9(13)4-7)11-6(5-15)3-10(14)16-11/h1-5H. The number of rotatable bonds is 2. The highest BCUT2D eigenvalue weighted by atomic mass is 35.5. The molecule has 16 heavy (non-hydrogen) atoms. The van der Waals surface area contributed by atoms with Crippen molar-refractivity contribution in [1.29, 1.82) is 0 Å². The maximum atomic E-state index is 10.8.